The maximum absolute atomic E-state index is 13.0. The molecule has 4 bridgehead atoms. The van der Waals surface area contributed by atoms with Crippen molar-refractivity contribution in [2.75, 3.05) is 5.32 Å². The normalized spacial score (nSPS) is 32.8. The van der Waals surface area contributed by atoms with Crippen LogP contribution in [0.3, 0.4) is 0 Å². The Morgan fingerprint density at radius 2 is 1.97 bits per heavy atom. The third kappa shape index (κ3) is 2.73. The van der Waals surface area contributed by atoms with Gasteiger partial charge in [-0.3, -0.25) is 0 Å². The summed E-state index contributed by atoms with van der Waals surface area (Å²) in [6, 6.07) is 1.97. The fourth-order valence-corrected chi connectivity index (χ4v) is 6.16. The number of hydrogen-bond donors (Lipinski definition) is 3. The van der Waals surface area contributed by atoms with E-state index in [1.807, 2.05) is 6.07 Å². The Morgan fingerprint density at radius 3 is 2.63 bits per heavy atom. The molecule has 4 saturated carbocycles. The second-order valence-corrected chi connectivity index (χ2v) is 9.07. The van der Waals surface area contributed by atoms with Crippen LogP contribution in [0.15, 0.2) is 23.0 Å². The molecule has 7 rings (SSSR count). The molecule has 4 fully saturated rings. The summed E-state index contributed by atoms with van der Waals surface area (Å²) in [5, 5.41) is 18.8. The second kappa shape index (κ2) is 5.96. The molecule has 4 aliphatic rings. The van der Waals surface area contributed by atoms with Gasteiger partial charge >= 0.3 is 12.1 Å². The maximum Gasteiger partial charge on any atom is 0.471 e. The first-order valence-corrected chi connectivity index (χ1v) is 10.2. The molecule has 2 unspecified atom stereocenters. The zero-order valence-electron chi connectivity index (χ0n) is 15.9. The first-order valence-electron chi connectivity index (χ1n) is 10.2. The number of halogens is 3. The van der Waals surface area contributed by atoms with E-state index in [4.69, 9.17) is 0 Å². The molecule has 0 aromatic carbocycles. The maximum atomic E-state index is 13.0. The minimum absolute atomic E-state index is 0.134. The van der Waals surface area contributed by atoms with Crippen molar-refractivity contribution in [1.82, 2.24) is 20.1 Å². The first kappa shape index (κ1) is 18.2. The van der Waals surface area contributed by atoms with E-state index < -0.39 is 17.7 Å². The Hall–Kier alpha value is -2.62. The fourth-order valence-electron chi connectivity index (χ4n) is 6.16. The van der Waals surface area contributed by atoms with Crippen LogP contribution in [0.25, 0.3) is 22.4 Å². The highest BCUT2D eigenvalue weighted by molar-refractivity contribution is 5.97. The third-order valence-electron chi connectivity index (χ3n) is 7.05. The predicted octanol–water partition coefficient (Wildman–Crippen LogP) is 3.98. The molecule has 4 aliphatic carbocycles. The van der Waals surface area contributed by atoms with Gasteiger partial charge in [-0.25, -0.2) is 4.98 Å². The van der Waals surface area contributed by atoms with Gasteiger partial charge in [0.1, 0.15) is 5.65 Å². The molecular weight excluding hydrogens is 399 g/mol. The Labute approximate surface area is 169 Å². The van der Waals surface area contributed by atoms with Crippen LogP contribution >= 0.6 is 0 Å². The standard InChI is InChI=1S/C20H20F3N5O2/c21-20(22,23)18-27-17(28-30-18)13-8-25-16-12(1-2-24-16)15(13)26-14-10-3-9-4-11(14)7-19(29,5-9)6-10/h1-2,8-11,14,29H,3-7H2,(H2,24,25,26). The lowest BCUT2D eigenvalue weighted by atomic mass is 9.52. The van der Waals surface area contributed by atoms with Crippen LogP contribution in [-0.2, 0) is 6.18 Å². The molecule has 2 atom stereocenters. The molecule has 30 heavy (non-hydrogen) atoms. The Bertz CT molecular complexity index is 1110. The van der Waals surface area contributed by atoms with Crippen LogP contribution in [-0.4, -0.2) is 36.9 Å². The van der Waals surface area contributed by atoms with Gasteiger partial charge in [0.25, 0.3) is 0 Å². The van der Waals surface area contributed by atoms with Crippen molar-refractivity contribution in [2.24, 2.45) is 17.8 Å². The van der Waals surface area contributed by atoms with Gasteiger partial charge < -0.3 is 19.9 Å². The van der Waals surface area contributed by atoms with Crippen molar-refractivity contribution in [1.29, 1.82) is 0 Å². The summed E-state index contributed by atoms with van der Waals surface area (Å²) in [7, 11) is 0. The van der Waals surface area contributed by atoms with Gasteiger partial charge in [-0.15, -0.1) is 0 Å². The molecule has 3 N–H and O–H groups in total. The molecule has 0 saturated heterocycles. The summed E-state index contributed by atoms with van der Waals surface area (Å²) in [6.45, 7) is 0. The number of aromatic amines is 1. The van der Waals surface area contributed by atoms with Gasteiger partial charge in [0.2, 0.25) is 5.82 Å². The van der Waals surface area contributed by atoms with E-state index in [0.717, 1.165) is 37.5 Å². The molecular formula is C20H20F3N5O2. The largest absolute Gasteiger partial charge is 0.471 e. The van der Waals surface area contributed by atoms with E-state index >= 15 is 0 Å². The van der Waals surface area contributed by atoms with Crippen molar-refractivity contribution < 1.29 is 22.8 Å². The number of alkyl halides is 3. The number of rotatable bonds is 3. The highest BCUT2D eigenvalue weighted by atomic mass is 19.4. The molecule has 3 heterocycles. The van der Waals surface area contributed by atoms with Gasteiger partial charge in [-0.2, -0.15) is 18.2 Å². The number of anilines is 1. The number of nitrogens with zero attached hydrogens (tertiary/aromatic N) is 3. The molecule has 158 valence electrons. The monoisotopic (exact) mass is 419 g/mol. The van der Waals surface area contributed by atoms with Crippen LogP contribution in [0.5, 0.6) is 0 Å². The second-order valence-electron chi connectivity index (χ2n) is 9.07. The molecule has 0 spiro atoms. The van der Waals surface area contributed by atoms with Crippen molar-refractivity contribution in [3.05, 3.63) is 24.4 Å². The van der Waals surface area contributed by atoms with Crippen molar-refractivity contribution in [3.63, 3.8) is 0 Å². The van der Waals surface area contributed by atoms with Crippen LogP contribution in [0, 0.1) is 17.8 Å². The summed E-state index contributed by atoms with van der Waals surface area (Å²) in [6.07, 6.45) is 3.03. The number of aliphatic hydroxyl groups is 1. The lowest BCUT2D eigenvalue weighted by molar-refractivity contribution is -0.159. The molecule has 3 aromatic rings. The lowest BCUT2D eigenvalue weighted by Crippen LogP contribution is -2.59. The number of aromatic nitrogens is 4. The third-order valence-corrected chi connectivity index (χ3v) is 7.05. The van der Waals surface area contributed by atoms with E-state index in [1.165, 1.54) is 6.20 Å². The fraction of sp³-hybridized carbons (Fsp3) is 0.550. The van der Waals surface area contributed by atoms with Crippen LogP contribution in [0.2, 0.25) is 0 Å². The predicted molar refractivity (Wildman–Crippen MR) is 100 cm³/mol. The zero-order valence-corrected chi connectivity index (χ0v) is 15.9. The highest BCUT2D eigenvalue weighted by Gasteiger charge is 2.54. The minimum Gasteiger partial charge on any atom is -0.390 e. The summed E-state index contributed by atoms with van der Waals surface area (Å²) < 4.78 is 43.4. The zero-order chi connectivity index (χ0) is 20.7. The Balaban J connectivity index is 1.41. The average Bonchev–Trinajstić information content (AvgIpc) is 3.32. The smallest absolute Gasteiger partial charge is 0.390 e. The molecule has 0 aliphatic heterocycles. The summed E-state index contributed by atoms with van der Waals surface area (Å²) in [4.78, 5) is 10.9. The van der Waals surface area contributed by atoms with Gasteiger partial charge in [0.05, 0.1) is 16.9 Å². The van der Waals surface area contributed by atoms with Crippen LogP contribution in [0.4, 0.5) is 18.9 Å². The van der Waals surface area contributed by atoms with Gasteiger partial charge in [-0.05, 0) is 55.9 Å². The Kier molecular flexibility index (Phi) is 3.61. The quantitative estimate of drug-likeness (QED) is 0.594. The summed E-state index contributed by atoms with van der Waals surface area (Å²) in [5.74, 6) is -0.321. The number of fused-ring (bicyclic) bond motifs is 1. The highest BCUT2D eigenvalue weighted by Crippen LogP contribution is 2.56. The van der Waals surface area contributed by atoms with E-state index in [0.29, 0.717) is 34.7 Å². The molecule has 7 nitrogen and oxygen atoms in total. The first-order chi connectivity index (χ1) is 14.3. The number of nitrogens with one attached hydrogen (secondary N) is 2. The van der Waals surface area contributed by atoms with E-state index in [2.05, 4.69) is 29.9 Å². The van der Waals surface area contributed by atoms with E-state index in [1.54, 1.807) is 6.20 Å². The van der Waals surface area contributed by atoms with Gasteiger partial charge in [0, 0.05) is 23.8 Å². The average molecular weight is 419 g/mol. The van der Waals surface area contributed by atoms with Gasteiger partial charge in [-0.1, -0.05) is 5.16 Å². The van der Waals surface area contributed by atoms with Crippen molar-refractivity contribution >= 4 is 16.7 Å². The molecule has 0 amide bonds. The SMILES string of the molecule is OC12CC3CC(C1)C(Nc1c(-c4noc(C(F)(F)F)n4)cnc4[nH]ccc14)C(C3)C2. The number of H-pyrrole nitrogens is 1. The summed E-state index contributed by atoms with van der Waals surface area (Å²) >= 11 is 0. The van der Waals surface area contributed by atoms with E-state index in [-0.39, 0.29) is 11.9 Å². The Morgan fingerprint density at radius 1 is 1.20 bits per heavy atom. The topological polar surface area (TPSA) is 99.9 Å². The van der Waals surface area contributed by atoms with Crippen molar-refractivity contribution in [3.8, 4) is 11.4 Å². The molecule has 3 aromatic heterocycles. The summed E-state index contributed by atoms with van der Waals surface area (Å²) in [5.41, 5.74) is 1.09. The number of hydrogen-bond acceptors (Lipinski definition) is 6. The van der Waals surface area contributed by atoms with Gasteiger partial charge in [0.15, 0.2) is 0 Å². The van der Waals surface area contributed by atoms with Crippen LogP contribution in [0.1, 0.15) is 38.0 Å². The van der Waals surface area contributed by atoms with Crippen LogP contribution < -0.4 is 5.32 Å². The van der Waals surface area contributed by atoms with E-state index in [9.17, 15) is 18.3 Å². The lowest BCUT2D eigenvalue weighted by Gasteiger charge is -2.58. The minimum atomic E-state index is -4.71. The molecule has 0 radical (unpaired) electrons. The molecule has 10 heteroatoms. The van der Waals surface area contributed by atoms with Crippen molar-refractivity contribution in [2.45, 2.75) is 49.9 Å². The number of pyridine rings is 1.